The second-order valence-corrected chi connectivity index (χ2v) is 10.6. The molecule has 0 aliphatic heterocycles. The Morgan fingerprint density at radius 1 is 0.917 bits per heavy atom. The van der Waals surface area contributed by atoms with Gasteiger partial charge in [0.05, 0.1) is 11.7 Å². The Morgan fingerprint density at radius 3 is 2.54 bits per heavy atom. The summed E-state index contributed by atoms with van der Waals surface area (Å²) in [6.45, 7) is 7.57. The van der Waals surface area contributed by atoms with Crippen molar-refractivity contribution in [3.8, 4) is 0 Å². The van der Waals surface area contributed by atoms with E-state index in [1.807, 2.05) is 5.57 Å². The Bertz CT molecular complexity index is 558. The molecule has 0 heterocycles. The lowest BCUT2D eigenvalue weighted by Gasteiger charge is -2.57. The molecule has 0 bridgehead atoms. The fourth-order valence-electron chi connectivity index (χ4n) is 7.48. The van der Waals surface area contributed by atoms with Gasteiger partial charge in [-0.1, -0.05) is 31.9 Å². The number of rotatable bonds is 2. The zero-order valence-corrected chi connectivity index (χ0v) is 16.1. The molecule has 4 fully saturated rings. The fourth-order valence-corrected chi connectivity index (χ4v) is 7.48. The van der Waals surface area contributed by atoms with E-state index in [9.17, 15) is 0 Å². The summed E-state index contributed by atoms with van der Waals surface area (Å²) in [5.41, 5.74) is 3.09. The number of ether oxygens (including phenoxy) is 1. The van der Waals surface area contributed by atoms with E-state index in [0.29, 0.717) is 16.9 Å². The summed E-state index contributed by atoms with van der Waals surface area (Å²) in [6, 6.07) is 0. The van der Waals surface area contributed by atoms with Crippen molar-refractivity contribution in [3.05, 3.63) is 11.6 Å². The number of fused-ring (bicyclic) bond motifs is 5. The Balaban J connectivity index is 1.42. The van der Waals surface area contributed by atoms with Crippen molar-refractivity contribution in [3.63, 3.8) is 0 Å². The molecule has 0 aromatic heterocycles. The van der Waals surface area contributed by atoms with E-state index in [2.05, 4.69) is 26.8 Å². The maximum atomic E-state index is 6.68. The van der Waals surface area contributed by atoms with Gasteiger partial charge in [-0.15, -0.1) is 0 Å². The molecule has 0 aromatic rings. The lowest BCUT2D eigenvalue weighted by Crippen LogP contribution is -2.51. The van der Waals surface area contributed by atoms with Crippen molar-refractivity contribution in [2.24, 2.45) is 28.6 Å². The van der Waals surface area contributed by atoms with Crippen molar-refractivity contribution in [2.45, 2.75) is 103 Å². The van der Waals surface area contributed by atoms with Crippen molar-refractivity contribution >= 4 is 0 Å². The summed E-state index contributed by atoms with van der Waals surface area (Å²) < 4.78 is 6.68. The first-order valence-corrected chi connectivity index (χ1v) is 10.8. The average molecular weight is 329 g/mol. The quantitative estimate of drug-likeness (QED) is 0.542. The minimum atomic E-state index is 0.244. The second-order valence-electron chi connectivity index (χ2n) is 10.6. The average Bonchev–Trinajstić information content (AvgIpc) is 3.19. The minimum absolute atomic E-state index is 0.244. The molecule has 0 radical (unpaired) electrons. The standard InChI is InChI=1S/C23H36O/c1-21(14-15-21)24-20-10-9-18-17-8-7-16-6-4-5-12-22(16,2)19(17)11-13-23(18,20)3/h7,17-20H,4-6,8-15H2,1-3H3/t17-,18-,19-,20-,22-,23-/m0/s1. The molecule has 134 valence electrons. The largest absolute Gasteiger partial charge is 0.371 e. The van der Waals surface area contributed by atoms with E-state index >= 15 is 0 Å². The van der Waals surface area contributed by atoms with E-state index in [0.717, 1.165) is 17.8 Å². The summed E-state index contributed by atoms with van der Waals surface area (Å²) >= 11 is 0. The van der Waals surface area contributed by atoms with Gasteiger partial charge in [0.25, 0.3) is 0 Å². The monoisotopic (exact) mass is 328 g/mol. The summed E-state index contributed by atoms with van der Waals surface area (Å²) in [4.78, 5) is 0. The molecule has 1 heteroatoms. The topological polar surface area (TPSA) is 9.23 Å². The van der Waals surface area contributed by atoms with Gasteiger partial charge in [0.15, 0.2) is 0 Å². The predicted octanol–water partition coefficient (Wildman–Crippen LogP) is 6.28. The van der Waals surface area contributed by atoms with Crippen LogP contribution in [0.25, 0.3) is 0 Å². The van der Waals surface area contributed by atoms with Crippen LogP contribution in [-0.4, -0.2) is 11.7 Å². The van der Waals surface area contributed by atoms with Crippen LogP contribution in [-0.2, 0) is 4.74 Å². The molecular weight excluding hydrogens is 292 g/mol. The maximum Gasteiger partial charge on any atom is 0.0660 e. The molecule has 0 unspecified atom stereocenters. The normalized spacial score (nSPS) is 52.0. The SMILES string of the molecule is CC1(O[C@H]2CC[C@H]3[C@@H]4CC=C5CCCC[C@]5(C)[C@H]4CC[C@]23C)CC1. The van der Waals surface area contributed by atoms with Crippen LogP contribution in [0.1, 0.15) is 91.4 Å². The number of allylic oxidation sites excluding steroid dienone is 2. The van der Waals surface area contributed by atoms with E-state index in [1.165, 1.54) is 70.6 Å². The summed E-state index contributed by atoms with van der Waals surface area (Å²) in [6.07, 6.45) is 18.6. The van der Waals surface area contributed by atoms with Crippen LogP contribution in [0.3, 0.4) is 0 Å². The van der Waals surface area contributed by atoms with E-state index < -0.39 is 0 Å². The van der Waals surface area contributed by atoms with E-state index in [4.69, 9.17) is 4.74 Å². The fraction of sp³-hybridized carbons (Fsp3) is 0.913. The molecular formula is C23H36O. The molecule has 1 nitrogen and oxygen atoms in total. The van der Waals surface area contributed by atoms with Crippen LogP contribution >= 0.6 is 0 Å². The highest BCUT2D eigenvalue weighted by Gasteiger charge is 2.60. The van der Waals surface area contributed by atoms with Gasteiger partial charge < -0.3 is 4.74 Å². The van der Waals surface area contributed by atoms with Gasteiger partial charge in [-0.2, -0.15) is 0 Å². The first-order chi connectivity index (χ1) is 11.4. The Hall–Kier alpha value is -0.300. The molecule has 6 atom stereocenters. The van der Waals surface area contributed by atoms with Gasteiger partial charge in [-0.3, -0.25) is 0 Å². The number of hydrogen-bond donors (Lipinski definition) is 0. The molecule has 0 spiro atoms. The zero-order valence-electron chi connectivity index (χ0n) is 16.1. The van der Waals surface area contributed by atoms with Gasteiger partial charge in [-0.25, -0.2) is 0 Å². The van der Waals surface area contributed by atoms with Crippen LogP contribution in [0.2, 0.25) is 0 Å². The van der Waals surface area contributed by atoms with Gasteiger partial charge >= 0.3 is 0 Å². The first-order valence-electron chi connectivity index (χ1n) is 10.8. The lowest BCUT2D eigenvalue weighted by atomic mass is 9.48. The summed E-state index contributed by atoms with van der Waals surface area (Å²) in [7, 11) is 0. The van der Waals surface area contributed by atoms with Crippen LogP contribution in [0.4, 0.5) is 0 Å². The Labute approximate surface area is 148 Å². The molecule has 0 saturated heterocycles. The third-order valence-corrected chi connectivity index (χ3v) is 9.31. The molecule has 4 saturated carbocycles. The van der Waals surface area contributed by atoms with Crippen LogP contribution < -0.4 is 0 Å². The van der Waals surface area contributed by atoms with Crippen LogP contribution in [0.5, 0.6) is 0 Å². The van der Waals surface area contributed by atoms with E-state index in [1.54, 1.807) is 0 Å². The van der Waals surface area contributed by atoms with Crippen molar-refractivity contribution in [1.29, 1.82) is 0 Å². The van der Waals surface area contributed by atoms with Crippen LogP contribution in [0, 0.1) is 28.6 Å². The highest BCUT2D eigenvalue weighted by atomic mass is 16.5. The molecule has 0 aromatic carbocycles. The summed E-state index contributed by atoms with van der Waals surface area (Å²) in [5, 5.41) is 0. The van der Waals surface area contributed by atoms with Crippen LogP contribution in [0.15, 0.2) is 11.6 Å². The second kappa shape index (κ2) is 5.12. The maximum absolute atomic E-state index is 6.68. The van der Waals surface area contributed by atoms with Gasteiger partial charge in [0.1, 0.15) is 0 Å². The van der Waals surface area contributed by atoms with Gasteiger partial charge in [0, 0.05) is 0 Å². The predicted molar refractivity (Wildman–Crippen MR) is 98.8 cm³/mol. The van der Waals surface area contributed by atoms with Gasteiger partial charge in [-0.05, 0) is 99.7 Å². The summed E-state index contributed by atoms with van der Waals surface area (Å²) in [5.74, 6) is 2.82. The van der Waals surface area contributed by atoms with Crippen molar-refractivity contribution in [1.82, 2.24) is 0 Å². The molecule has 5 aliphatic rings. The third kappa shape index (κ3) is 2.15. The first kappa shape index (κ1) is 15.9. The molecule has 0 amide bonds. The Kier molecular flexibility index (Phi) is 3.39. The molecule has 24 heavy (non-hydrogen) atoms. The lowest BCUT2D eigenvalue weighted by molar-refractivity contribution is -0.117. The van der Waals surface area contributed by atoms with Crippen molar-refractivity contribution in [2.75, 3.05) is 0 Å². The van der Waals surface area contributed by atoms with Gasteiger partial charge in [0.2, 0.25) is 0 Å². The van der Waals surface area contributed by atoms with E-state index in [-0.39, 0.29) is 5.60 Å². The van der Waals surface area contributed by atoms with Crippen molar-refractivity contribution < 1.29 is 4.74 Å². The molecule has 5 aliphatic carbocycles. The number of hydrogen-bond acceptors (Lipinski definition) is 1. The highest BCUT2D eigenvalue weighted by Crippen LogP contribution is 2.65. The third-order valence-electron chi connectivity index (χ3n) is 9.31. The Morgan fingerprint density at radius 2 is 1.75 bits per heavy atom. The zero-order chi connectivity index (χ0) is 16.6. The highest BCUT2D eigenvalue weighted by molar-refractivity contribution is 5.24. The molecule has 0 N–H and O–H groups in total. The smallest absolute Gasteiger partial charge is 0.0660 e. The molecule has 5 rings (SSSR count). The minimum Gasteiger partial charge on any atom is -0.371 e.